The fourth-order valence-electron chi connectivity index (χ4n) is 1.11. The summed E-state index contributed by atoms with van der Waals surface area (Å²) in [6.45, 7) is 0. The molecule has 1 aromatic rings. The third-order valence-corrected chi connectivity index (χ3v) is 2.78. The summed E-state index contributed by atoms with van der Waals surface area (Å²) in [5.41, 5.74) is 0.612. The second kappa shape index (κ2) is 4.41. The highest BCUT2D eigenvalue weighted by Gasteiger charge is 2.09. The quantitative estimate of drug-likeness (QED) is 0.739. The lowest BCUT2D eigenvalue weighted by Crippen LogP contribution is -2.20. The summed E-state index contributed by atoms with van der Waals surface area (Å²) in [4.78, 5) is 11.1. The zero-order valence-electron chi connectivity index (χ0n) is 8.23. The van der Waals surface area contributed by atoms with Crippen molar-refractivity contribution in [3.63, 3.8) is 0 Å². The van der Waals surface area contributed by atoms with Gasteiger partial charge >= 0.3 is 0 Å². The molecule has 0 fully saturated rings. The summed E-state index contributed by atoms with van der Waals surface area (Å²) in [6, 6.07) is 6.01. The fourth-order valence-corrected chi connectivity index (χ4v) is 1.69. The maximum atomic E-state index is 11.1. The molecule has 0 aliphatic heterocycles. The van der Waals surface area contributed by atoms with Gasteiger partial charge in [-0.1, -0.05) is 12.1 Å². The molecule has 0 unspecified atom stereocenters. The van der Waals surface area contributed by atoms with Crippen LogP contribution in [0.1, 0.15) is 5.56 Å². The zero-order valence-corrected chi connectivity index (χ0v) is 9.04. The zero-order chi connectivity index (χ0) is 11.5. The van der Waals surface area contributed by atoms with Crippen molar-refractivity contribution in [2.24, 2.45) is 5.14 Å². The molecule has 0 radical (unpaired) electrons. The van der Waals surface area contributed by atoms with E-state index in [0.29, 0.717) is 5.56 Å². The van der Waals surface area contributed by atoms with Gasteiger partial charge in [-0.05, 0) is 17.7 Å². The third-order valence-electron chi connectivity index (χ3n) is 1.87. The molecule has 0 saturated carbocycles. The van der Waals surface area contributed by atoms with Crippen LogP contribution in [-0.4, -0.2) is 21.4 Å². The van der Waals surface area contributed by atoms with E-state index in [1.165, 1.54) is 19.2 Å². The molecule has 0 saturated heterocycles. The number of hydrogen-bond donors (Lipinski definition) is 2. The maximum absolute atomic E-state index is 11.1. The van der Waals surface area contributed by atoms with Crippen molar-refractivity contribution >= 4 is 15.9 Å². The average Bonchev–Trinajstić information content (AvgIpc) is 2.17. The van der Waals surface area contributed by atoms with Crippen molar-refractivity contribution in [3.8, 4) is 0 Å². The fraction of sp³-hybridized carbons (Fsp3) is 0.222. The Labute approximate surface area is 88.3 Å². The molecule has 1 amide bonds. The Balaban J connectivity index is 2.99. The second-order valence-corrected chi connectivity index (χ2v) is 4.60. The highest BCUT2D eigenvalue weighted by Crippen LogP contribution is 2.10. The molecule has 3 N–H and O–H groups in total. The third kappa shape index (κ3) is 3.34. The van der Waals surface area contributed by atoms with Crippen LogP contribution in [0, 0.1) is 0 Å². The van der Waals surface area contributed by atoms with Gasteiger partial charge in [-0.15, -0.1) is 0 Å². The predicted octanol–water partition coefficient (Wildman–Crippen LogP) is -0.378. The van der Waals surface area contributed by atoms with E-state index in [2.05, 4.69) is 5.32 Å². The minimum absolute atomic E-state index is 0.0175. The van der Waals surface area contributed by atoms with Gasteiger partial charge in [0.2, 0.25) is 15.9 Å². The van der Waals surface area contributed by atoms with Crippen LogP contribution in [0.4, 0.5) is 0 Å². The topological polar surface area (TPSA) is 89.3 Å². The SMILES string of the molecule is CNC(=O)Cc1cccc(S(N)(=O)=O)c1. The lowest BCUT2D eigenvalue weighted by Gasteiger charge is -2.02. The summed E-state index contributed by atoms with van der Waals surface area (Å²) in [5, 5.41) is 7.41. The largest absolute Gasteiger partial charge is 0.359 e. The highest BCUT2D eigenvalue weighted by molar-refractivity contribution is 7.89. The lowest BCUT2D eigenvalue weighted by molar-refractivity contribution is -0.119. The van der Waals surface area contributed by atoms with Gasteiger partial charge in [0.25, 0.3) is 0 Å². The van der Waals surface area contributed by atoms with E-state index in [9.17, 15) is 13.2 Å². The molecule has 0 bridgehead atoms. The van der Waals surface area contributed by atoms with Crippen molar-refractivity contribution in [1.82, 2.24) is 5.32 Å². The van der Waals surface area contributed by atoms with E-state index in [0.717, 1.165) is 0 Å². The number of benzene rings is 1. The number of nitrogens with two attached hydrogens (primary N) is 1. The van der Waals surface area contributed by atoms with Gasteiger partial charge in [0.05, 0.1) is 11.3 Å². The van der Waals surface area contributed by atoms with Crippen molar-refractivity contribution in [3.05, 3.63) is 29.8 Å². The lowest BCUT2D eigenvalue weighted by atomic mass is 10.1. The first-order valence-electron chi connectivity index (χ1n) is 4.26. The van der Waals surface area contributed by atoms with E-state index in [1.54, 1.807) is 12.1 Å². The molecule has 0 aliphatic carbocycles. The Morgan fingerprint density at radius 1 is 1.47 bits per heavy atom. The number of nitrogens with one attached hydrogen (secondary N) is 1. The number of likely N-dealkylation sites (N-methyl/N-ethyl adjacent to an activating group) is 1. The number of sulfonamides is 1. The molecule has 1 aromatic carbocycles. The Hall–Kier alpha value is -1.40. The number of hydrogen-bond acceptors (Lipinski definition) is 3. The van der Waals surface area contributed by atoms with E-state index in [4.69, 9.17) is 5.14 Å². The Kier molecular flexibility index (Phi) is 3.43. The molecule has 5 nitrogen and oxygen atoms in total. The van der Waals surface area contributed by atoms with Gasteiger partial charge in [0.15, 0.2) is 0 Å². The first-order chi connectivity index (χ1) is 6.93. The summed E-state index contributed by atoms with van der Waals surface area (Å²) in [5.74, 6) is -0.179. The van der Waals surface area contributed by atoms with Gasteiger partial charge in [0, 0.05) is 7.05 Å². The van der Waals surface area contributed by atoms with Crippen LogP contribution in [-0.2, 0) is 21.2 Å². The molecule has 1 rings (SSSR count). The molecule has 0 spiro atoms. The van der Waals surface area contributed by atoms with Crippen molar-refractivity contribution < 1.29 is 13.2 Å². The highest BCUT2D eigenvalue weighted by atomic mass is 32.2. The average molecular weight is 228 g/mol. The second-order valence-electron chi connectivity index (χ2n) is 3.04. The summed E-state index contributed by atoms with van der Waals surface area (Å²) in [7, 11) is -2.18. The molecule has 0 aliphatic rings. The minimum atomic E-state index is -3.70. The smallest absolute Gasteiger partial charge is 0.238 e. The minimum Gasteiger partial charge on any atom is -0.359 e. The number of carbonyl (C=O) groups is 1. The molecule has 0 aromatic heterocycles. The molecule has 15 heavy (non-hydrogen) atoms. The normalized spacial score (nSPS) is 11.1. The molecule has 0 heterocycles. The van der Waals surface area contributed by atoms with Gasteiger partial charge in [-0.3, -0.25) is 4.79 Å². The standard InChI is InChI=1S/C9H12N2O3S/c1-11-9(12)6-7-3-2-4-8(5-7)15(10,13)14/h2-5H,6H2,1H3,(H,11,12)(H2,10,13,14). The van der Waals surface area contributed by atoms with E-state index < -0.39 is 10.0 Å². The van der Waals surface area contributed by atoms with Gasteiger partial charge in [-0.25, -0.2) is 13.6 Å². The molecular formula is C9H12N2O3S. The van der Waals surface area contributed by atoms with E-state index in [-0.39, 0.29) is 17.2 Å². The van der Waals surface area contributed by atoms with Gasteiger partial charge < -0.3 is 5.32 Å². The Morgan fingerprint density at radius 3 is 2.67 bits per heavy atom. The van der Waals surface area contributed by atoms with Crippen LogP contribution < -0.4 is 10.5 Å². The van der Waals surface area contributed by atoms with Crippen molar-refractivity contribution in [1.29, 1.82) is 0 Å². The summed E-state index contributed by atoms with van der Waals surface area (Å²) < 4.78 is 22.0. The van der Waals surface area contributed by atoms with Crippen molar-refractivity contribution in [2.75, 3.05) is 7.05 Å². The van der Waals surface area contributed by atoms with Crippen LogP contribution in [0.2, 0.25) is 0 Å². The number of amides is 1. The first-order valence-corrected chi connectivity index (χ1v) is 5.80. The monoisotopic (exact) mass is 228 g/mol. The number of carbonyl (C=O) groups excluding carboxylic acids is 1. The van der Waals surface area contributed by atoms with Crippen LogP contribution in [0.15, 0.2) is 29.2 Å². The van der Waals surface area contributed by atoms with Crippen LogP contribution in [0.5, 0.6) is 0 Å². The molecular weight excluding hydrogens is 216 g/mol. The van der Waals surface area contributed by atoms with Gasteiger partial charge in [-0.2, -0.15) is 0 Å². The first kappa shape index (κ1) is 11.7. The van der Waals surface area contributed by atoms with Crippen LogP contribution >= 0.6 is 0 Å². The number of rotatable bonds is 3. The van der Waals surface area contributed by atoms with E-state index >= 15 is 0 Å². The van der Waals surface area contributed by atoms with Crippen molar-refractivity contribution in [2.45, 2.75) is 11.3 Å². The summed E-state index contributed by atoms with van der Waals surface area (Å²) in [6.07, 6.45) is 0.139. The molecule has 0 atom stereocenters. The Morgan fingerprint density at radius 2 is 2.13 bits per heavy atom. The molecule has 82 valence electrons. The van der Waals surface area contributed by atoms with Gasteiger partial charge in [0.1, 0.15) is 0 Å². The van der Waals surface area contributed by atoms with E-state index in [1.807, 2.05) is 0 Å². The predicted molar refractivity (Wildman–Crippen MR) is 55.6 cm³/mol. The maximum Gasteiger partial charge on any atom is 0.238 e. The van der Waals surface area contributed by atoms with Crippen LogP contribution in [0.3, 0.4) is 0 Å². The summed E-state index contributed by atoms with van der Waals surface area (Å²) >= 11 is 0. The van der Waals surface area contributed by atoms with Crippen LogP contribution in [0.25, 0.3) is 0 Å². The molecule has 6 heteroatoms. The Bertz CT molecular complexity index is 468. The number of primary sulfonamides is 1.